The minimum atomic E-state index is -0.957. The lowest BCUT2D eigenvalue weighted by molar-refractivity contribution is 0.0430. The molecule has 0 fully saturated rings. The van der Waals surface area contributed by atoms with E-state index in [4.69, 9.17) is 14.2 Å². The highest BCUT2D eigenvalue weighted by Crippen LogP contribution is 2.34. The van der Waals surface area contributed by atoms with E-state index in [-0.39, 0.29) is 23.2 Å². The molecule has 0 aliphatic carbocycles. The molecule has 0 atom stereocenters. The van der Waals surface area contributed by atoms with Crippen LogP contribution in [0.5, 0.6) is 0 Å². The molecule has 0 N–H and O–H groups in total. The number of anilines is 1. The molecule has 0 saturated carbocycles. The highest BCUT2D eigenvalue weighted by Gasteiger charge is 2.37. The fourth-order valence-electron chi connectivity index (χ4n) is 2.26. The zero-order valence-electron chi connectivity index (χ0n) is 17.7. The number of benzene rings is 1. The Morgan fingerprint density at radius 1 is 0.966 bits per heavy atom. The normalized spacial score (nSPS) is 11.6. The maximum atomic E-state index is 13.0. The van der Waals surface area contributed by atoms with Gasteiger partial charge in [-0.1, -0.05) is 31.9 Å². The molecule has 0 bridgehead atoms. The summed E-state index contributed by atoms with van der Waals surface area (Å²) >= 11 is 6.70. The van der Waals surface area contributed by atoms with Crippen molar-refractivity contribution in [2.75, 3.05) is 11.5 Å². The molecule has 1 aromatic rings. The van der Waals surface area contributed by atoms with Crippen LogP contribution in [0, 0.1) is 0 Å². The molecule has 7 nitrogen and oxygen atoms in total. The van der Waals surface area contributed by atoms with Crippen molar-refractivity contribution in [1.29, 1.82) is 0 Å². The standard InChI is InChI=1S/C20H27Br2NO6/c1-8-27-16(24)14-10-13(22)9-12(11-21)15(14)23(17(25)28-19(2,3)4)18(26)29-20(5,6)7/h9-10H,8,11H2,1-7H3. The molecule has 9 heteroatoms. The van der Waals surface area contributed by atoms with E-state index in [0.29, 0.717) is 10.0 Å². The van der Waals surface area contributed by atoms with Gasteiger partial charge in [-0.05, 0) is 66.2 Å². The minimum absolute atomic E-state index is 0.0346. The number of ether oxygens (including phenoxy) is 3. The second kappa shape index (κ2) is 9.93. The van der Waals surface area contributed by atoms with Gasteiger partial charge in [0.1, 0.15) is 11.2 Å². The van der Waals surface area contributed by atoms with E-state index in [1.807, 2.05) is 0 Å². The van der Waals surface area contributed by atoms with Crippen molar-refractivity contribution in [3.05, 3.63) is 27.7 Å². The smallest absolute Gasteiger partial charge is 0.424 e. The van der Waals surface area contributed by atoms with Gasteiger partial charge in [0.2, 0.25) is 0 Å². The maximum absolute atomic E-state index is 13.0. The third kappa shape index (κ3) is 7.62. The van der Waals surface area contributed by atoms with Crippen LogP contribution >= 0.6 is 31.9 Å². The molecule has 0 aliphatic heterocycles. The number of hydrogen-bond acceptors (Lipinski definition) is 6. The van der Waals surface area contributed by atoms with Crippen molar-refractivity contribution in [3.8, 4) is 0 Å². The van der Waals surface area contributed by atoms with Crippen LogP contribution in [0.2, 0.25) is 0 Å². The Hall–Kier alpha value is -1.61. The van der Waals surface area contributed by atoms with Gasteiger partial charge in [0.25, 0.3) is 0 Å². The molecule has 29 heavy (non-hydrogen) atoms. The monoisotopic (exact) mass is 535 g/mol. The zero-order chi connectivity index (χ0) is 22.6. The molecule has 1 rings (SSSR count). The van der Waals surface area contributed by atoms with Gasteiger partial charge in [-0.3, -0.25) is 0 Å². The van der Waals surface area contributed by atoms with Gasteiger partial charge >= 0.3 is 18.2 Å². The summed E-state index contributed by atoms with van der Waals surface area (Å²) in [6, 6.07) is 3.18. The summed E-state index contributed by atoms with van der Waals surface area (Å²) in [6.07, 6.45) is -1.91. The van der Waals surface area contributed by atoms with Crippen LogP contribution in [-0.2, 0) is 19.5 Å². The molecule has 0 spiro atoms. The van der Waals surface area contributed by atoms with E-state index >= 15 is 0 Å². The first-order chi connectivity index (χ1) is 13.2. The average molecular weight is 537 g/mol. The van der Waals surface area contributed by atoms with E-state index in [1.165, 1.54) is 6.07 Å². The van der Waals surface area contributed by atoms with Crippen molar-refractivity contribution in [2.45, 2.75) is 65.0 Å². The van der Waals surface area contributed by atoms with Crippen LogP contribution in [0.15, 0.2) is 16.6 Å². The molecule has 1 aromatic carbocycles. The first-order valence-corrected chi connectivity index (χ1v) is 10.9. The minimum Gasteiger partial charge on any atom is -0.462 e. The van der Waals surface area contributed by atoms with E-state index in [9.17, 15) is 14.4 Å². The van der Waals surface area contributed by atoms with Crippen LogP contribution in [0.3, 0.4) is 0 Å². The summed E-state index contributed by atoms with van der Waals surface area (Å²) in [6.45, 7) is 11.9. The summed E-state index contributed by atoms with van der Waals surface area (Å²) < 4.78 is 16.6. The number of rotatable bonds is 4. The van der Waals surface area contributed by atoms with E-state index < -0.39 is 29.4 Å². The van der Waals surface area contributed by atoms with Crippen LogP contribution in [-0.4, -0.2) is 36.0 Å². The lowest BCUT2D eigenvalue weighted by Crippen LogP contribution is -2.45. The van der Waals surface area contributed by atoms with Crippen molar-refractivity contribution in [1.82, 2.24) is 0 Å². The van der Waals surface area contributed by atoms with Crippen LogP contribution in [0.1, 0.15) is 64.4 Å². The summed E-state index contributed by atoms with van der Waals surface area (Å²) in [5, 5.41) is 0.260. The fourth-order valence-corrected chi connectivity index (χ4v) is 3.19. The first kappa shape index (κ1) is 25.4. The van der Waals surface area contributed by atoms with Gasteiger partial charge in [0.05, 0.1) is 17.9 Å². The van der Waals surface area contributed by atoms with Gasteiger partial charge in [-0.25, -0.2) is 14.4 Å². The van der Waals surface area contributed by atoms with Crippen LogP contribution < -0.4 is 4.90 Å². The van der Waals surface area contributed by atoms with Gasteiger partial charge < -0.3 is 14.2 Å². The van der Waals surface area contributed by atoms with Gasteiger partial charge in [0, 0.05) is 9.80 Å². The molecule has 0 radical (unpaired) electrons. The number of nitrogens with zero attached hydrogens (tertiary/aromatic N) is 1. The van der Waals surface area contributed by atoms with Crippen LogP contribution in [0.4, 0.5) is 15.3 Å². The Morgan fingerprint density at radius 2 is 1.45 bits per heavy atom. The molecular weight excluding hydrogens is 510 g/mol. The number of halogens is 2. The Labute approximate surface area is 188 Å². The SMILES string of the molecule is CCOC(=O)c1cc(Br)cc(CBr)c1N(C(=O)OC(C)(C)C)C(=O)OC(C)(C)C. The Bertz CT molecular complexity index is 752. The molecular formula is C20H27Br2NO6. The van der Waals surface area contributed by atoms with Gasteiger partial charge in [-0.15, -0.1) is 0 Å². The summed E-state index contributed by atoms with van der Waals surface area (Å²) in [5.41, 5.74) is -1.16. The Kier molecular flexibility index (Phi) is 8.71. The Balaban J connectivity index is 3.72. The molecule has 162 valence electrons. The topological polar surface area (TPSA) is 82.1 Å². The van der Waals surface area contributed by atoms with Crippen molar-refractivity contribution >= 4 is 55.7 Å². The first-order valence-electron chi connectivity index (χ1n) is 9.01. The van der Waals surface area contributed by atoms with E-state index in [0.717, 1.165) is 4.90 Å². The zero-order valence-corrected chi connectivity index (χ0v) is 20.9. The number of hydrogen-bond donors (Lipinski definition) is 0. The quantitative estimate of drug-likeness (QED) is 0.259. The number of alkyl halides is 1. The van der Waals surface area contributed by atoms with Crippen molar-refractivity contribution in [3.63, 3.8) is 0 Å². The molecule has 0 aromatic heterocycles. The maximum Gasteiger partial charge on any atom is 0.424 e. The summed E-state index contributed by atoms with van der Waals surface area (Å²) in [4.78, 5) is 39.4. The number of carbonyl (C=O) groups excluding carboxylic acids is 3. The van der Waals surface area contributed by atoms with Crippen LogP contribution in [0.25, 0.3) is 0 Å². The summed E-state index contributed by atoms with van der Waals surface area (Å²) in [5.74, 6) is -0.678. The van der Waals surface area contributed by atoms with Crippen molar-refractivity contribution in [2.24, 2.45) is 0 Å². The third-order valence-electron chi connectivity index (χ3n) is 3.17. The largest absolute Gasteiger partial charge is 0.462 e. The van der Waals surface area contributed by atoms with Gasteiger partial charge in [0.15, 0.2) is 0 Å². The van der Waals surface area contributed by atoms with Crippen molar-refractivity contribution < 1.29 is 28.6 Å². The number of amides is 2. The molecule has 2 amide bonds. The van der Waals surface area contributed by atoms with E-state index in [1.54, 1.807) is 54.5 Å². The predicted molar refractivity (Wildman–Crippen MR) is 118 cm³/mol. The number of esters is 1. The molecule has 0 aliphatic rings. The van der Waals surface area contributed by atoms with E-state index in [2.05, 4.69) is 31.9 Å². The molecule has 0 heterocycles. The number of imide groups is 1. The fraction of sp³-hybridized carbons (Fsp3) is 0.550. The highest BCUT2D eigenvalue weighted by atomic mass is 79.9. The third-order valence-corrected chi connectivity index (χ3v) is 4.23. The second-order valence-corrected chi connectivity index (χ2v) is 9.59. The lowest BCUT2D eigenvalue weighted by atomic mass is 10.1. The molecule has 0 unspecified atom stereocenters. The average Bonchev–Trinajstić information content (AvgIpc) is 2.52. The molecule has 0 saturated heterocycles. The second-order valence-electron chi connectivity index (χ2n) is 8.11. The number of carbonyl (C=O) groups is 3. The Morgan fingerprint density at radius 3 is 1.83 bits per heavy atom. The van der Waals surface area contributed by atoms with Gasteiger partial charge in [-0.2, -0.15) is 4.90 Å². The summed E-state index contributed by atoms with van der Waals surface area (Å²) in [7, 11) is 0. The predicted octanol–water partition coefficient (Wildman–Crippen LogP) is 6.20. The highest BCUT2D eigenvalue weighted by molar-refractivity contribution is 9.10. The lowest BCUT2D eigenvalue weighted by Gasteiger charge is -2.30.